The minimum absolute atomic E-state index is 0.0126. The van der Waals surface area contributed by atoms with Gasteiger partial charge in [0.2, 0.25) is 5.91 Å². The van der Waals surface area contributed by atoms with Gasteiger partial charge in [0.05, 0.1) is 16.3 Å². The van der Waals surface area contributed by atoms with Crippen LogP contribution in [-0.4, -0.2) is 58.4 Å². The topological polar surface area (TPSA) is 99.6 Å². The van der Waals surface area contributed by atoms with Gasteiger partial charge in [-0.1, -0.05) is 12.1 Å². The standard InChI is InChI=1S/C32H31F3N6O3S/c1-39-13-14-40(2)30(43)27(39)18-6-9-20(10-7-18)36-28-31(44)41(3)17-24(37-28)19-8-11-22(33)23(15-19)38-29(42)26-16-21-25(45-26)5-4-12-32(21,34)35/h6-11,15-17,27H,4-5,12-14H2,1-3H3,(H,36,37)(H,38,42). The van der Waals surface area contributed by atoms with Gasteiger partial charge in [-0.25, -0.2) is 18.2 Å². The monoisotopic (exact) mass is 636 g/mol. The molecule has 4 aromatic rings. The van der Waals surface area contributed by atoms with Crippen molar-refractivity contribution in [3.05, 3.63) is 91.8 Å². The number of anilines is 3. The molecule has 2 N–H and O–H groups in total. The highest BCUT2D eigenvalue weighted by molar-refractivity contribution is 7.14. The molecule has 0 radical (unpaired) electrons. The third-order valence-electron chi connectivity index (χ3n) is 8.23. The number of carbonyl (C=O) groups excluding carboxylic acids is 2. The molecule has 0 spiro atoms. The van der Waals surface area contributed by atoms with Crippen molar-refractivity contribution in [1.82, 2.24) is 19.4 Å². The number of piperazine rings is 1. The molecule has 45 heavy (non-hydrogen) atoms. The fourth-order valence-electron chi connectivity index (χ4n) is 5.66. The number of fused-ring (bicyclic) bond motifs is 1. The predicted molar refractivity (Wildman–Crippen MR) is 167 cm³/mol. The van der Waals surface area contributed by atoms with E-state index in [0.717, 1.165) is 29.5 Å². The summed E-state index contributed by atoms with van der Waals surface area (Å²) in [6, 6.07) is 12.0. The van der Waals surface area contributed by atoms with E-state index in [-0.39, 0.29) is 34.3 Å². The summed E-state index contributed by atoms with van der Waals surface area (Å²) in [6.07, 6.45) is 2.04. The highest BCUT2D eigenvalue weighted by Gasteiger charge is 2.39. The molecular weight excluding hydrogens is 605 g/mol. The van der Waals surface area contributed by atoms with Crippen LogP contribution in [0.2, 0.25) is 0 Å². The maximum atomic E-state index is 14.8. The summed E-state index contributed by atoms with van der Waals surface area (Å²) in [4.78, 5) is 47.4. The second kappa shape index (κ2) is 11.8. The molecule has 2 aromatic carbocycles. The number of carbonyl (C=O) groups is 2. The van der Waals surface area contributed by atoms with Crippen LogP contribution in [0.5, 0.6) is 0 Å². The number of amides is 2. The van der Waals surface area contributed by atoms with E-state index in [0.29, 0.717) is 41.2 Å². The predicted octanol–water partition coefficient (Wildman–Crippen LogP) is 5.52. The van der Waals surface area contributed by atoms with Gasteiger partial charge in [0, 0.05) is 61.5 Å². The number of thiophene rings is 1. The lowest BCUT2D eigenvalue weighted by Crippen LogP contribution is -2.48. The van der Waals surface area contributed by atoms with E-state index < -0.39 is 29.2 Å². The van der Waals surface area contributed by atoms with Gasteiger partial charge in [-0.3, -0.25) is 19.3 Å². The molecule has 0 bridgehead atoms. The number of nitrogens with zero attached hydrogens (tertiary/aromatic N) is 4. The van der Waals surface area contributed by atoms with Gasteiger partial charge in [0.1, 0.15) is 11.9 Å². The molecule has 1 atom stereocenters. The lowest BCUT2D eigenvalue weighted by Gasteiger charge is -2.37. The molecule has 1 aliphatic heterocycles. The Kier molecular flexibility index (Phi) is 8.00. The summed E-state index contributed by atoms with van der Waals surface area (Å²) in [5, 5.41) is 5.54. The molecule has 2 amide bonds. The molecule has 2 aliphatic rings. The van der Waals surface area contributed by atoms with Crippen LogP contribution in [0.4, 0.5) is 30.4 Å². The fourth-order valence-corrected chi connectivity index (χ4v) is 6.81. The van der Waals surface area contributed by atoms with Crippen molar-refractivity contribution in [2.24, 2.45) is 7.05 Å². The molecular formula is C32H31F3N6O3S. The number of likely N-dealkylation sites (N-methyl/N-ethyl adjacent to an activating group) is 2. The molecule has 234 valence electrons. The smallest absolute Gasteiger partial charge is 0.293 e. The third kappa shape index (κ3) is 5.97. The number of aryl methyl sites for hydroxylation is 2. The Balaban J connectivity index is 1.23. The fraction of sp³-hybridized carbons (Fsp3) is 0.312. The minimum atomic E-state index is -2.99. The Morgan fingerprint density at radius 1 is 1.04 bits per heavy atom. The first-order valence-corrected chi connectivity index (χ1v) is 15.2. The van der Waals surface area contributed by atoms with Gasteiger partial charge in [-0.15, -0.1) is 11.3 Å². The van der Waals surface area contributed by atoms with Crippen LogP contribution in [-0.2, 0) is 24.2 Å². The quantitative estimate of drug-likeness (QED) is 0.290. The molecule has 2 aromatic heterocycles. The lowest BCUT2D eigenvalue weighted by molar-refractivity contribution is -0.139. The number of hydrogen-bond donors (Lipinski definition) is 2. The molecule has 0 saturated carbocycles. The summed E-state index contributed by atoms with van der Waals surface area (Å²) in [5.74, 6) is -4.35. The summed E-state index contributed by atoms with van der Waals surface area (Å²) >= 11 is 0.993. The van der Waals surface area contributed by atoms with Crippen molar-refractivity contribution in [1.29, 1.82) is 0 Å². The number of benzene rings is 2. The average molecular weight is 637 g/mol. The van der Waals surface area contributed by atoms with Gasteiger partial charge in [-0.2, -0.15) is 0 Å². The van der Waals surface area contributed by atoms with Crippen LogP contribution >= 0.6 is 11.3 Å². The van der Waals surface area contributed by atoms with Crippen molar-refractivity contribution in [3.63, 3.8) is 0 Å². The van der Waals surface area contributed by atoms with Gasteiger partial charge in [-0.05, 0) is 61.9 Å². The molecule has 1 aliphatic carbocycles. The molecule has 6 rings (SSSR count). The molecule has 13 heteroatoms. The summed E-state index contributed by atoms with van der Waals surface area (Å²) in [5.41, 5.74) is 1.47. The highest BCUT2D eigenvalue weighted by Crippen LogP contribution is 2.43. The zero-order chi connectivity index (χ0) is 32.0. The molecule has 1 saturated heterocycles. The maximum Gasteiger partial charge on any atom is 0.293 e. The van der Waals surface area contributed by atoms with Gasteiger partial charge < -0.3 is 20.1 Å². The summed E-state index contributed by atoms with van der Waals surface area (Å²) in [6.45, 7) is 1.42. The second-order valence-electron chi connectivity index (χ2n) is 11.4. The maximum absolute atomic E-state index is 14.8. The SMILES string of the molecule is CN1CCN(C)C(c2ccc(Nc3nc(-c4ccc(F)c(NC(=O)c5cc6c(s5)CCCC6(F)F)c4)cn(C)c3=O)cc2)C1=O. The Hall–Kier alpha value is -4.49. The first-order valence-electron chi connectivity index (χ1n) is 14.4. The normalized spacial score (nSPS) is 18.0. The number of alkyl halides is 2. The summed E-state index contributed by atoms with van der Waals surface area (Å²) < 4.78 is 44.8. The van der Waals surface area contributed by atoms with Crippen LogP contribution in [0.25, 0.3) is 11.3 Å². The van der Waals surface area contributed by atoms with Crippen LogP contribution in [0.15, 0.2) is 59.5 Å². The molecule has 1 fully saturated rings. The van der Waals surface area contributed by atoms with Crippen molar-refractivity contribution < 1.29 is 22.8 Å². The van der Waals surface area contributed by atoms with Crippen LogP contribution < -0.4 is 16.2 Å². The number of nitrogens with one attached hydrogen (secondary N) is 2. The van der Waals surface area contributed by atoms with Crippen molar-refractivity contribution in [2.75, 3.05) is 37.8 Å². The average Bonchev–Trinajstić information content (AvgIpc) is 3.46. The van der Waals surface area contributed by atoms with Crippen molar-refractivity contribution in [3.8, 4) is 11.3 Å². The van der Waals surface area contributed by atoms with Crippen molar-refractivity contribution >= 4 is 40.3 Å². The Labute approximate surface area is 261 Å². The first kappa shape index (κ1) is 30.5. The first-order chi connectivity index (χ1) is 21.4. The van der Waals surface area contributed by atoms with E-state index in [1.54, 1.807) is 31.1 Å². The second-order valence-corrected chi connectivity index (χ2v) is 12.6. The van der Waals surface area contributed by atoms with E-state index in [2.05, 4.69) is 15.6 Å². The van der Waals surface area contributed by atoms with Crippen LogP contribution in [0.3, 0.4) is 0 Å². The third-order valence-corrected chi connectivity index (χ3v) is 9.42. The Morgan fingerprint density at radius 3 is 2.53 bits per heavy atom. The molecule has 1 unspecified atom stereocenters. The van der Waals surface area contributed by atoms with E-state index in [1.165, 1.54) is 29.0 Å². The molecule has 9 nitrogen and oxygen atoms in total. The number of halogens is 3. The zero-order valence-electron chi connectivity index (χ0n) is 24.9. The van der Waals surface area contributed by atoms with E-state index in [9.17, 15) is 27.6 Å². The van der Waals surface area contributed by atoms with Crippen molar-refractivity contribution in [2.45, 2.75) is 31.2 Å². The van der Waals surface area contributed by atoms with E-state index in [1.807, 2.05) is 24.1 Å². The van der Waals surface area contributed by atoms with Crippen LogP contribution in [0.1, 0.15) is 44.6 Å². The van der Waals surface area contributed by atoms with Gasteiger partial charge in [0.25, 0.3) is 17.4 Å². The lowest BCUT2D eigenvalue weighted by atomic mass is 9.95. The van der Waals surface area contributed by atoms with E-state index >= 15 is 0 Å². The van der Waals surface area contributed by atoms with Gasteiger partial charge in [0.15, 0.2) is 5.82 Å². The molecule has 3 heterocycles. The summed E-state index contributed by atoms with van der Waals surface area (Å²) in [7, 11) is 5.25. The minimum Gasteiger partial charge on any atom is -0.343 e. The number of aromatic nitrogens is 2. The zero-order valence-corrected chi connectivity index (χ0v) is 25.7. The van der Waals surface area contributed by atoms with Crippen LogP contribution in [0, 0.1) is 5.82 Å². The van der Waals surface area contributed by atoms with E-state index in [4.69, 9.17) is 0 Å². The number of rotatable bonds is 6. The largest absolute Gasteiger partial charge is 0.343 e. The van der Waals surface area contributed by atoms with Gasteiger partial charge >= 0.3 is 0 Å². The Morgan fingerprint density at radius 2 is 1.80 bits per heavy atom. The number of hydrogen-bond acceptors (Lipinski definition) is 7. The highest BCUT2D eigenvalue weighted by atomic mass is 32.1. The Bertz CT molecular complexity index is 1860.